The summed E-state index contributed by atoms with van der Waals surface area (Å²) in [6.07, 6.45) is -4.92. The van der Waals surface area contributed by atoms with E-state index in [0.29, 0.717) is 23.7 Å². The molecule has 0 saturated carbocycles. The van der Waals surface area contributed by atoms with E-state index in [-0.39, 0.29) is 37.4 Å². The second kappa shape index (κ2) is 9.59. The number of halogens is 4. The lowest BCUT2D eigenvalue weighted by Gasteiger charge is -2.34. The number of rotatable bonds is 7. The monoisotopic (exact) mass is 504 g/mol. The molecule has 3 rings (SSSR count). The van der Waals surface area contributed by atoms with Crippen LogP contribution >= 0.6 is 0 Å². The summed E-state index contributed by atoms with van der Waals surface area (Å²) in [5.41, 5.74) is -0.378. The number of aryl methyl sites for hydroxylation is 1. The van der Waals surface area contributed by atoms with Crippen LogP contribution in [0.1, 0.15) is 31.7 Å². The molecule has 0 spiro atoms. The molecule has 1 aromatic heterocycles. The number of ether oxygens (including phenoxy) is 1. The van der Waals surface area contributed by atoms with E-state index < -0.39 is 38.8 Å². The summed E-state index contributed by atoms with van der Waals surface area (Å²) in [4.78, 5) is 16.3. The first-order valence-corrected chi connectivity index (χ1v) is 11.9. The van der Waals surface area contributed by atoms with E-state index in [2.05, 4.69) is 4.98 Å². The summed E-state index contributed by atoms with van der Waals surface area (Å²) in [6, 6.07) is 9.02. The zero-order valence-corrected chi connectivity index (χ0v) is 19.0. The molecule has 2 aromatic rings. The van der Waals surface area contributed by atoms with Crippen LogP contribution in [0.25, 0.3) is 11.3 Å². The van der Waals surface area contributed by atoms with Gasteiger partial charge in [-0.15, -0.1) is 0 Å². The maximum Gasteiger partial charge on any atom is 0.422 e. The summed E-state index contributed by atoms with van der Waals surface area (Å²) in [7, 11) is -4.22. The van der Waals surface area contributed by atoms with Gasteiger partial charge in [0.1, 0.15) is 0 Å². The number of hydroxylamine groups is 1. The Morgan fingerprint density at radius 3 is 2.24 bits per heavy atom. The highest BCUT2D eigenvalue weighted by molar-refractivity contribution is 7.93. The highest BCUT2D eigenvalue weighted by Crippen LogP contribution is 2.38. The van der Waals surface area contributed by atoms with E-state index in [4.69, 9.17) is 9.94 Å². The number of sulfone groups is 1. The quantitative estimate of drug-likeness (QED) is 0.338. The first-order valence-electron chi connectivity index (χ1n) is 10.4. The van der Waals surface area contributed by atoms with Gasteiger partial charge in [0.25, 0.3) is 5.91 Å². The molecule has 2 N–H and O–H groups in total. The minimum atomic E-state index is -4.94. The molecule has 1 aliphatic heterocycles. The van der Waals surface area contributed by atoms with Crippen molar-refractivity contribution < 1.29 is 40.7 Å². The van der Waals surface area contributed by atoms with E-state index in [0.717, 1.165) is 6.20 Å². The van der Waals surface area contributed by atoms with E-state index in [9.17, 15) is 30.8 Å². The van der Waals surface area contributed by atoms with Crippen molar-refractivity contribution in [2.45, 2.75) is 54.1 Å². The van der Waals surface area contributed by atoms with Gasteiger partial charge in [-0.05, 0) is 50.3 Å². The van der Waals surface area contributed by atoms with Gasteiger partial charge in [0.15, 0.2) is 14.6 Å². The van der Waals surface area contributed by atoms with Gasteiger partial charge in [0.2, 0.25) is 5.67 Å². The largest absolute Gasteiger partial charge is 0.422 e. The summed E-state index contributed by atoms with van der Waals surface area (Å²) in [6.45, 7) is 0.583. The summed E-state index contributed by atoms with van der Waals surface area (Å²) in [5.74, 6) is -1.04. The normalized spacial score (nSPS) is 18.2. The molecule has 1 unspecified atom stereocenters. The van der Waals surface area contributed by atoms with Gasteiger partial charge in [-0.1, -0.05) is 24.3 Å². The number of carbonyl (C=O) groups is 1. The minimum Gasteiger partial charge on any atom is -0.381 e. The van der Waals surface area contributed by atoms with E-state index in [1.54, 1.807) is 24.3 Å². The number of carbonyl (C=O) groups excluding carboxylic acids is 1. The average Bonchev–Trinajstić information content (AvgIpc) is 2.82. The smallest absolute Gasteiger partial charge is 0.381 e. The zero-order valence-electron chi connectivity index (χ0n) is 18.2. The third kappa shape index (κ3) is 4.93. The Labute approximate surface area is 194 Å². The summed E-state index contributed by atoms with van der Waals surface area (Å²) < 4.78 is 81.6. The van der Waals surface area contributed by atoms with Crippen molar-refractivity contribution in [1.29, 1.82) is 0 Å². The molecule has 0 bridgehead atoms. The van der Waals surface area contributed by atoms with Gasteiger partial charge >= 0.3 is 6.18 Å². The number of hydrogen-bond donors (Lipinski definition) is 2. The lowest BCUT2D eigenvalue weighted by atomic mass is 9.97. The number of pyridine rings is 1. The molecule has 186 valence electrons. The lowest BCUT2D eigenvalue weighted by molar-refractivity contribution is -0.225. The van der Waals surface area contributed by atoms with Crippen LogP contribution in [0.5, 0.6) is 0 Å². The molecule has 0 aliphatic carbocycles. The predicted molar refractivity (Wildman–Crippen MR) is 113 cm³/mol. The Morgan fingerprint density at radius 2 is 1.74 bits per heavy atom. The predicted octanol–water partition coefficient (Wildman–Crippen LogP) is 3.80. The number of benzene rings is 1. The van der Waals surface area contributed by atoms with Crippen LogP contribution in [-0.2, 0) is 25.8 Å². The molecule has 12 heteroatoms. The molecule has 7 nitrogen and oxygen atoms in total. The topological polar surface area (TPSA) is 106 Å². The van der Waals surface area contributed by atoms with Gasteiger partial charge < -0.3 is 4.74 Å². The van der Waals surface area contributed by atoms with E-state index in [1.807, 2.05) is 0 Å². The van der Waals surface area contributed by atoms with Gasteiger partial charge in [0.05, 0.1) is 10.6 Å². The van der Waals surface area contributed by atoms with Crippen molar-refractivity contribution in [2.24, 2.45) is 0 Å². The summed E-state index contributed by atoms with van der Waals surface area (Å²) >= 11 is 0. The van der Waals surface area contributed by atoms with Gasteiger partial charge in [0, 0.05) is 25.0 Å². The SMILES string of the molecule is CC(F)(CCc1ccc(-c2ccc(S(=O)(=O)C3(C(=O)NO)CCOCC3)cn2)cc1)C(F)(F)F. The first kappa shape index (κ1) is 26.0. The molecule has 1 aliphatic rings. The fourth-order valence-corrected chi connectivity index (χ4v) is 5.60. The maximum atomic E-state index is 13.8. The number of nitrogens with one attached hydrogen (secondary N) is 1. The Bertz CT molecular complexity index is 1110. The molecule has 0 radical (unpaired) electrons. The standard InChI is InChI=1S/C22H24F4N2O5S/c1-20(23,22(24,25)26)9-8-15-2-4-16(5-3-15)18-7-6-17(14-27-18)34(31,32)21(19(29)28-30)10-12-33-13-11-21/h2-7,14,30H,8-13H2,1H3,(H,28,29). The van der Waals surface area contributed by atoms with E-state index >= 15 is 0 Å². The second-order valence-corrected chi connectivity index (χ2v) is 10.6. The molecule has 2 heterocycles. The molecular formula is C22H24F4N2O5S. The molecule has 1 atom stereocenters. The Kier molecular flexibility index (Phi) is 7.34. The number of amides is 1. The third-order valence-corrected chi connectivity index (χ3v) is 8.59. The van der Waals surface area contributed by atoms with Crippen LogP contribution in [-0.4, -0.2) is 54.3 Å². The number of alkyl halides is 4. The van der Waals surface area contributed by atoms with Crippen LogP contribution in [0.2, 0.25) is 0 Å². The number of aromatic nitrogens is 1. The lowest BCUT2D eigenvalue weighted by Crippen LogP contribution is -2.54. The van der Waals surface area contributed by atoms with Crippen molar-refractivity contribution in [2.75, 3.05) is 13.2 Å². The fourth-order valence-electron chi connectivity index (χ4n) is 3.72. The molecule has 34 heavy (non-hydrogen) atoms. The van der Waals surface area contributed by atoms with Crippen LogP contribution in [0.15, 0.2) is 47.5 Å². The molecule has 1 amide bonds. The molecule has 1 fully saturated rings. The zero-order chi connectivity index (χ0) is 25.2. The van der Waals surface area contributed by atoms with Crippen molar-refractivity contribution in [3.63, 3.8) is 0 Å². The Balaban J connectivity index is 1.78. The molecule has 1 saturated heterocycles. The second-order valence-electron chi connectivity index (χ2n) is 8.32. The van der Waals surface area contributed by atoms with Crippen LogP contribution in [0.4, 0.5) is 17.6 Å². The van der Waals surface area contributed by atoms with Gasteiger partial charge in [-0.3, -0.25) is 15.0 Å². The number of nitrogens with zero attached hydrogens (tertiary/aromatic N) is 1. The van der Waals surface area contributed by atoms with Crippen molar-refractivity contribution >= 4 is 15.7 Å². The highest BCUT2D eigenvalue weighted by Gasteiger charge is 2.53. The number of hydrogen-bond acceptors (Lipinski definition) is 6. The van der Waals surface area contributed by atoms with Crippen molar-refractivity contribution in [1.82, 2.24) is 10.5 Å². The Hall–Kier alpha value is -2.57. The highest BCUT2D eigenvalue weighted by atomic mass is 32.2. The average molecular weight is 505 g/mol. The first-order chi connectivity index (χ1) is 15.8. The third-order valence-electron chi connectivity index (χ3n) is 6.10. The van der Waals surface area contributed by atoms with Crippen molar-refractivity contribution in [3.8, 4) is 11.3 Å². The fraction of sp³-hybridized carbons (Fsp3) is 0.455. The summed E-state index contributed by atoms with van der Waals surface area (Å²) in [5, 5.41) is 9.10. The minimum absolute atomic E-state index is 0.0367. The van der Waals surface area contributed by atoms with Crippen LogP contribution in [0.3, 0.4) is 0 Å². The van der Waals surface area contributed by atoms with Gasteiger partial charge in [-0.25, -0.2) is 18.3 Å². The van der Waals surface area contributed by atoms with Crippen LogP contribution in [0, 0.1) is 0 Å². The Morgan fingerprint density at radius 1 is 1.12 bits per heavy atom. The van der Waals surface area contributed by atoms with E-state index in [1.165, 1.54) is 17.6 Å². The molecule has 1 aromatic carbocycles. The van der Waals surface area contributed by atoms with Gasteiger partial charge in [-0.2, -0.15) is 13.2 Å². The van der Waals surface area contributed by atoms with Crippen molar-refractivity contribution in [3.05, 3.63) is 48.2 Å². The maximum absolute atomic E-state index is 13.8. The van der Waals surface area contributed by atoms with Crippen LogP contribution < -0.4 is 5.48 Å². The molecular weight excluding hydrogens is 480 g/mol.